The van der Waals surface area contributed by atoms with Crippen LogP contribution in [0.15, 0.2) is 18.2 Å². The van der Waals surface area contributed by atoms with Crippen molar-refractivity contribution >= 4 is 5.78 Å². The van der Waals surface area contributed by atoms with E-state index in [1.807, 2.05) is 12.1 Å². The summed E-state index contributed by atoms with van der Waals surface area (Å²) in [6, 6.07) is 6.05. The molecule has 0 fully saturated rings. The molecule has 0 saturated heterocycles. The summed E-state index contributed by atoms with van der Waals surface area (Å²) in [5.41, 5.74) is 2.45. The van der Waals surface area contributed by atoms with Gasteiger partial charge in [0.2, 0.25) is 0 Å². The van der Waals surface area contributed by atoms with Crippen LogP contribution in [-0.2, 0) is 11.2 Å². The Morgan fingerprint density at radius 1 is 1.44 bits per heavy atom. The predicted molar refractivity (Wildman–Crippen MR) is 65.9 cm³/mol. The monoisotopic (exact) mass is 220 g/mol. The lowest BCUT2D eigenvalue weighted by Crippen LogP contribution is -2.07. The fourth-order valence-electron chi connectivity index (χ4n) is 2.04. The van der Waals surface area contributed by atoms with Crippen molar-refractivity contribution in [2.75, 3.05) is 7.11 Å². The van der Waals surface area contributed by atoms with Crippen LogP contribution in [0, 0.1) is 12.8 Å². The van der Waals surface area contributed by atoms with Gasteiger partial charge in [-0.1, -0.05) is 19.1 Å². The molecule has 1 aromatic rings. The van der Waals surface area contributed by atoms with Crippen molar-refractivity contribution in [3.05, 3.63) is 29.3 Å². The minimum atomic E-state index is 0.250. The molecule has 16 heavy (non-hydrogen) atoms. The van der Waals surface area contributed by atoms with Gasteiger partial charge in [-0.05, 0) is 43.4 Å². The normalized spacial score (nSPS) is 12.2. The number of hydrogen-bond acceptors (Lipinski definition) is 2. The molecule has 0 bridgehead atoms. The summed E-state index contributed by atoms with van der Waals surface area (Å²) < 4.78 is 5.35. The van der Waals surface area contributed by atoms with Crippen molar-refractivity contribution in [3.8, 4) is 5.75 Å². The third kappa shape index (κ3) is 3.37. The van der Waals surface area contributed by atoms with Crippen molar-refractivity contribution in [1.29, 1.82) is 0 Å². The topological polar surface area (TPSA) is 26.3 Å². The first kappa shape index (κ1) is 12.8. The summed E-state index contributed by atoms with van der Waals surface area (Å²) in [4.78, 5) is 11.1. The second kappa shape index (κ2) is 5.69. The van der Waals surface area contributed by atoms with Crippen molar-refractivity contribution in [3.63, 3.8) is 0 Å². The van der Waals surface area contributed by atoms with Crippen molar-refractivity contribution in [1.82, 2.24) is 0 Å². The Labute approximate surface area is 97.6 Å². The predicted octanol–water partition coefficient (Wildman–Crippen LogP) is 3.16. The molecular weight excluding hydrogens is 200 g/mol. The average Bonchev–Trinajstić information content (AvgIpc) is 2.20. The van der Waals surface area contributed by atoms with Crippen LogP contribution in [-0.4, -0.2) is 12.9 Å². The number of ether oxygens (including phenoxy) is 1. The van der Waals surface area contributed by atoms with Gasteiger partial charge in [-0.15, -0.1) is 0 Å². The third-order valence-corrected chi connectivity index (χ3v) is 2.78. The van der Waals surface area contributed by atoms with E-state index in [9.17, 15) is 4.79 Å². The summed E-state index contributed by atoms with van der Waals surface area (Å²) >= 11 is 0. The number of carbonyl (C=O) groups excluding carboxylic acids is 1. The van der Waals surface area contributed by atoms with Gasteiger partial charge in [0, 0.05) is 6.42 Å². The summed E-state index contributed by atoms with van der Waals surface area (Å²) in [5.74, 6) is 1.54. The first-order valence-corrected chi connectivity index (χ1v) is 5.66. The smallest absolute Gasteiger partial charge is 0.130 e. The fraction of sp³-hybridized carbons (Fsp3) is 0.500. The van der Waals surface area contributed by atoms with E-state index in [1.54, 1.807) is 14.0 Å². The van der Waals surface area contributed by atoms with E-state index in [4.69, 9.17) is 4.74 Å². The average molecular weight is 220 g/mol. The highest BCUT2D eigenvalue weighted by atomic mass is 16.5. The van der Waals surface area contributed by atoms with Crippen molar-refractivity contribution in [2.45, 2.75) is 33.6 Å². The molecule has 0 aromatic heterocycles. The first-order chi connectivity index (χ1) is 7.54. The number of ketones is 1. The molecule has 0 aliphatic carbocycles. The van der Waals surface area contributed by atoms with Gasteiger partial charge in [-0.3, -0.25) is 0 Å². The molecule has 0 spiro atoms. The van der Waals surface area contributed by atoms with Crippen molar-refractivity contribution < 1.29 is 9.53 Å². The summed E-state index contributed by atoms with van der Waals surface area (Å²) in [6.07, 6.45) is 1.53. The van der Waals surface area contributed by atoms with Crippen LogP contribution in [0.1, 0.15) is 31.4 Å². The first-order valence-electron chi connectivity index (χ1n) is 5.66. The van der Waals surface area contributed by atoms with Crippen LogP contribution < -0.4 is 4.74 Å². The lowest BCUT2D eigenvalue weighted by atomic mass is 9.93. The number of methoxy groups -OCH3 is 1. The Balaban J connectivity index is 2.83. The fourth-order valence-corrected chi connectivity index (χ4v) is 2.04. The minimum absolute atomic E-state index is 0.250. The molecule has 1 atom stereocenters. The number of aryl methyl sites for hydroxylation is 1. The summed E-state index contributed by atoms with van der Waals surface area (Å²) in [6.45, 7) is 5.83. The zero-order chi connectivity index (χ0) is 12.1. The van der Waals surface area contributed by atoms with Crippen LogP contribution >= 0.6 is 0 Å². The van der Waals surface area contributed by atoms with E-state index in [1.165, 1.54) is 11.1 Å². The third-order valence-electron chi connectivity index (χ3n) is 2.78. The zero-order valence-electron chi connectivity index (χ0n) is 10.5. The summed E-state index contributed by atoms with van der Waals surface area (Å²) in [7, 11) is 1.69. The number of carbonyl (C=O) groups is 1. The molecule has 0 N–H and O–H groups in total. The Morgan fingerprint density at radius 3 is 2.69 bits per heavy atom. The molecule has 1 aromatic carbocycles. The molecule has 0 saturated carbocycles. The second-order valence-electron chi connectivity index (χ2n) is 4.47. The van der Waals surface area contributed by atoms with Crippen LogP contribution in [0.5, 0.6) is 5.75 Å². The van der Waals surface area contributed by atoms with E-state index in [0.29, 0.717) is 12.3 Å². The lowest BCUT2D eigenvalue weighted by molar-refractivity contribution is -0.117. The zero-order valence-corrected chi connectivity index (χ0v) is 10.5. The van der Waals surface area contributed by atoms with E-state index in [2.05, 4.69) is 19.9 Å². The molecule has 0 heterocycles. The maximum atomic E-state index is 11.1. The molecule has 0 amide bonds. The van der Waals surface area contributed by atoms with Gasteiger partial charge in [-0.2, -0.15) is 0 Å². The molecule has 0 aliphatic heterocycles. The van der Waals surface area contributed by atoms with Crippen LogP contribution in [0.3, 0.4) is 0 Å². The second-order valence-corrected chi connectivity index (χ2v) is 4.47. The van der Waals surface area contributed by atoms with Gasteiger partial charge < -0.3 is 9.53 Å². The Hall–Kier alpha value is -1.31. The minimum Gasteiger partial charge on any atom is -0.496 e. The highest BCUT2D eigenvalue weighted by Gasteiger charge is 2.12. The Morgan fingerprint density at radius 2 is 2.12 bits per heavy atom. The maximum absolute atomic E-state index is 11.1. The van der Waals surface area contributed by atoms with Gasteiger partial charge >= 0.3 is 0 Å². The highest BCUT2D eigenvalue weighted by Crippen LogP contribution is 2.25. The number of rotatable bonds is 5. The van der Waals surface area contributed by atoms with E-state index < -0.39 is 0 Å². The van der Waals surface area contributed by atoms with Gasteiger partial charge in [-0.25, -0.2) is 0 Å². The van der Waals surface area contributed by atoms with Crippen LogP contribution in [0.2, 0.25) is 0 Å². The highest BCUT2D eigenvalue weighted by molar-refractivity contribution is 5.75. The summed E-state index contributed by atoms with van der Waals surface area (Å²) in [5, 5.41) is 0. The maximum Gasteiger partial charge on any atom is 0.130 e. The molecule has 2 nitrogen and oxygen atoms in total. The number of benzene rings is 1. The molecule has 88 valence electrons. The van der Waals surface area contributed by atoms with Crippen LogP contribution in [0.25, 0.3) is 0 Å². The molecule has 1 rings (SSSR count). The van der Waals surface area contributed by atoms with E-state index in [-0.39, 0.29) is 5.78 Å². The van der Waals surface area contributed by atoms with Gasteiger partial charge in [0.15, 0.2) is 0 Å². The quantitative estimate of drug-likeness (QED) is 0.762. The Bertz CT molecular complexity index is 369. The molecule has 0 aliphatic rings. The molecular formula is C14H20O2. The van der Waals surface area contributed by atoms with Gasteiger partial charge in [0.05, 0.1) is 7.11 Å². The van der Waals surface area contributed by atoms with Gasteiger partial charge in [0.25, 0.3) is 0 Å². The number of hydrogen-bond donors (Lipinski definition) is 0. The molecule has 0 radical (unpaired) electrons. The number of Topliss-reactive ketones (excluding diaryl/α,β-unsaturated/α-hetero) is 1. The largest absolute Gasteiger partial charge is 0.496 e. The SMILES string of the molecule is COc1cccc(C)c1CC(C)CC(C)=O. The lowest BCUT2D eigenvalue weighted by Gasteiger charge is -2.15. The van der Waals surface area contributed by atoms with E-state index in [0.717, 1.165) is 12.2 Å². The van der Waals surface area contributed by atoms with E-state index >= 15 is 0 Å². The molecule has 2 heteroatoms. The molecule has 1 unspecified atom stereocenters. The standard InChI is InChI=1S/C14H20O2/c1-10(8-12(3)15)9-13-11(2)6-5-7-14(13)16-4/h5-7,10H,8-9H2,1-4H3. The van der Waals surface area contributed by atoms with Crippen molar-refractivity contribution in [2.24, 2.45) is 5.92 Å². The van der Waals surface area contributed by atoms with Crippen LogP contribution in [0.4, 0.5) is 0 Å². The Kier molecular flexibility index (Phi) is 4.53. The van der Waals surface area contributed by atoms with Gasteiger partial charge in [0.1, 0.15) is 11.5 Å².